The van der Waals surface area contributed by atoms with E-state index in [9.17, 15) is 19.2 Å². The smallest absolute Gasteiger partial charge is 0.328 e. The molecule has 2 amide bonds. The number of carbonyl (C=O) groups excluding carboxylic acids is 2. The third kappa shape index (κ3) is 5.98. The maximum atomic E-state index is 15.5. The van der Waals surface area contributed by atoms with Crippen molar-refractivity contribution in [2.45, 2.75) is 32.9 Å². The fourth-order valence-corrected chi connectivity index (χ4v) is 5.33. The van der Waals surface area contributed by atoms with Crippen molar-refractivity contribution >= 4 is 17.5 Å². The molecule has 1 atom stereocenters. The van der Waals surface area contributed by atoms with Gasteiger partial charge < -0.3 is 25.3 Å². The molecular formula is C32H32FN5O5. The largest absolute Gasteiger partial charge is 0.496 e. The lowest BCUT2D eigenvalue weighted by atomic mass is 9.90. The number of amides is 2. The van der Waals surface area contributed by atoms with Gasteiger partial charge in [0, 0.05) is 50.0 Å². The van der Waals surface area contributed by atoms with Crippen LogP contribution in [0.5, 0.6) is 5.75 Å². The molecule has 3 aromatic carbocycles. The number of aromatic nitrogens is 2. The van der Waals surface area contributed by atoms with E-state index in [2.05, 4.69) is 20.9 Å². The first-order valence-corrected chi connectivity index (χ1v) is 13.7. The van der Waals surface area contributed by atoms with Crippen molar-refractivity contribution in [2.75, 3.05) is 19.0 Å². The fourth-order valence-electron chi connectivity index (χ4n) is 5.33. The van der Waals surface area contributed by atoms with Crippen molar-refractivity contribution in [3.8, 4) is 28.0 Å². The molecule has 1 saturated heterocycles. The highest BCUT2D eigenvalue weighted by Gasteiger charge is 2.23. The average molecular weight is 586 g/mol. The lowest BCUT2D eigenvalue weighted by Gasteiger charge is -2.18. The summed E-state index contributed by atoms with van der Waals surface area (Å²) >= 11 is 0. The van der Waals surface area contributed by atoms with Crippen LogP contribution in [0.2, 0.25) is 0 Å². The summed E-state index contributed by atoms with van der Waals surface area (Å²) in [5.74, 6) is -0.689. The summed E-state index contributed by atoms with van der Waals surface area (Å²) in [5, 5.41) is 8.77. The molecule has 0 aliphatic carbocycles. The Morgan fingerprint density at radius 1 is 1.05 bits per heavy atom. The molecule has 1 fully saturated rings. The maximum Gasteiger partial charge on any atom is 0.328 e. The van der Waals surface area contributed by atoms with Gasteiger partial charge in [0.25, 0.3) is 11.5 Å². The first kappa shape index (κ1) is 29.5. The second-order valence-corrected chi connectivity index (χ2v) is 10.5. The Bertz CT molecular complexity index is 1860. The van der Waals surface area contributed by atoms with Crippen LogP contribution in [-0.2, 0) is 18.4 Å². The van der Waals surface area contributed by atoms with Gasteiger partial charge in [0.15, 0.2) is 0 Å². The zero-order chi connectivity index (χ0) is 30.8. The lowest BCUT2D eigenvalue weighted by molar-refractivity contribution is -0.119. The van der Waals surface area contributed by atoms with Crippen LogP contribution in [0.1, 0.15) is 33.5 Å². The molecule has 1 aliphatic heterocycles. The van der Waals surface area contributed by atoms with E-state index in [-0.39, 0.29) is 24.1 Å². The molecule has 0 bridgehead atoms. The summed E-state index contributed by atoms with van der Waals surface area (Å²) in [6.45, 7) is 4.53. The Labute approximate surface area is 246 Å². The summed E-state index contributed by atoms with van der Waals surface area (Å²) in [6, 6.07) is 14.4. The topological polar surface area (TPSA) is 134 Å². The summed E-state index contributed by atoms with van der Waals surface area (Å²) in [6.07, 6.45) is 1.55. The monoisotopic (exact) mass is 585 g/mol. The molecule has 43 heavy (non-hydrogen) atoms. The normalized spacial score (nSPS) is 14.4. The molecule has 0 saturated carbocycles. The van der Waals surface area contributed by atoms with E-state index in [4.69, 9.17) is 4.74 Å². The van der Waals surface area contributed by atoms with Gasteiger partial charge in [-0.05, 0) is 65.4 Å². The average Bonchev–Trinajstić information content (AvgIpc) is 3.40. The molecule has 222 valence electrons. The minimum absolute atomic E-state index is 0.0293. The quantitative estimate of drug-likeness (QED) is 0.251. The third-order valence-electron chi connectivity index (χ3n) is 7.79. The van der Waals surface area contributed by atoms with E-state index in [0.29, 0.717) is 35.5 Å². The number of aryl methyl sites for hydroxylation is 1. The highest BCUT2D eigenvalue weighted by molar-refractivity contribution is 6.04. The first-order chi connectivity index (χ1) is 20.6. The van der Waals surface area contributed by atoms with Gasteiger partial charge in [0.2, 0.25) is 5.91 Å². The SMILES string of the molecule is COc1cc(-c2cccc(-c3cccc(NC(=O)c4cn(C)c(=O)[nH]c4=O)c3C)c2C)cc(F)c1CN[C@@H]1CNC(=O)C1. The van der Waals surface area contributed by atoms with Gasteiger partial charge in [-0.15, -0.1) is 0 Å². The number of ether oxygens (including phenoxy) is 1. The van der Waals surface area contributed by atoms with Crippen molar-refractivity contribution in [3.05, 3.63) is 104 Å². The number of aromatic amines is 1. The molecule has 0 unspecified atom stereocenters. The number of hydrogen-bond acceptors (Lipinski definition) is 6. The molecule has 4 aromatic rings. The Kier molecular flexibility index (Phi) is 8.27. The molecule has 0 spiro atoms. The number of nitrogens with zero attached hydrogens (tertiary/aromatic N) is 1. The number of methoxy groups -OCH3 is 1. The zero-order valence-electron chi connectivity index (χ0n) is 24.3. The standard InChI is InChI=1S/C32H32FN5O5/c1-17-21(19-11-26(33)24(28(12-19)43-4)15-34-20-13-29(39)35-14-20)7-5-8-22(17)23-9-6-10-27(18(23)2)36-30(40)25-16-38(3)32(42)37-31(25)41/h5-12,16,20,34H,13-15H2,1-4H3,(H,35,39)(H,36,40)(H,37,41,42)/t20-/m0/s1. The molecule has 4 N–H and O–H groups in total. The van der Waals surface area contributed by atoms with Gasteiger partial charge in [-0.3, -0.25) is 19.4 Å². The Balaban J connectivity index is 1.45. The van der Waals surface area contributed by atoms with Gasteiger partial charge in [-0.25, -0.2) is 9.18 Å². The predicted molar refractivity (Wildman–Crippen MR) is 162 cm³/mol. The van der Waals surface area contributed by atoms with Crippen molar-refractivity contribution in [2.24, 2.45) is 7.05 Å². The zero-order valence-corrected chi connectivity index (χ0v) is 24.3. The van der Waals surface area contributed by atoms with Gasteiger partial charge in [-0.1, -0.05) is 30.3 Å². The minimum Gasteiger partial charge on any atom is -0.496 e. The summed E-state index contributed by atoms with van der Waals surface area (Å²) in [7, 11) is 2.94. The van der Waals surface area contributed by atoms with Crippen LogP contribution >= 0.6 is 0 Å². The van der Waals surface area contributed by atoms with E-state index in [1.54, 1.807) is 18.2 Å². The molecule has 5 rings (SSSR count). The maximum absolute atomic E-state index is 15.5. The van der Waals surface area contributed by atoms with Gasteiger partial charge in [0.05, 0.1) is 7.11 Å². The Hall–Kier alpha value is -5.03. The second-order valence-electron chi connectivity index (χ2n) is 10.5. The van der Waals surface area contributed by atoms with Crippen LogP contribution in [0.15, 0.2) is 64.3 Å². The van der Waals surface area contributed by atoms with E-state index in [1.807, 2.05) is 38.1 Å². The van der Waals surface area contributed by atoms with Crippen molar-refractivity contribution in [3.63, 3.8) is 0 Å². The van der Waals surface area contributed by atoms with Gasteiger partial charge in [0.1, 0.15) is 17.1 Å². The highest BCUT2D eigenvalue weighted by atomic mass is 19.1. The molecule has 0 radical (unpaired) electrons. The number of anilines is 1. The van der Waals surface area contributed by atoms with E-state index in [0.717, 1.165) is 32.4 Å². The van der Waals surface area contributed by atoms with Crippen molar-refractivity contribution in [1.29, 1.82) is 0 Å². The van der Waals surface area contributed by atoms with Crippen molar-refractivity contribution < 1.29 is 18.7 Å². The lowest BCUT2D eigenvalue weighted by Crippen LogP contribution is -2.33. The number of rotatable bonds is 8. The molecule has 1 aliphatic rings. The minimum atomic E-state index is -0.770. The van der Waals surface area contributed by atoms with Crippen molar-refractivity contribution in [1.82, 2.24) is 20.2 Å². The number of benzene rings is 3. The van der Waals surface area contributed by atoms with Crippen LogP contribution in [0, 0.1) is 19.7 Å². The first-order valence-electron chi connectivity index (χ1n) is 13.7. The Morgan fingerprint density at radius 2 is 1.74 bits per heavy atom. The number of halogens is 1. The highest BCUT2D eigenvalue weighted by Crippen LogP contribution is 2.37. The summed E-state index contributed by atoms with van der Waals surface area (Å²) in [5.41, 5.74) is 4.17. The number of hydrogen-bond donors (Lipinski definition) is 4. The number of H-pyrrole nitrogens is 1. The van der Waals surface area contributed by atoms with Crippen LogP contribution in [0.4, 0.5) is 10.1 Å². The molecule has 10 nitrogen and oxygen atoms in total. The summed E-state index contributed by atoms with van der Waals surface area (Å²) in [4.78, 5) is 50.5. The Morgan fingerprint density at radius 3 is 2.44 bits per heavy atom. The van der Waals surface area contributed by atoms with Crippen LogP contribution in [0.3, 0.4) is 0 Å². The van der Waals surface area contributed by atoms with E-state index < -0.39 is 23.0 Å². The molecule has 2 heterocycles. The van der Waals surface area contributed by atoms with E-state index in [1.165, 1.54) is 26.4 Å². The van der Waals surface area contributed by atoms with Crippen LogP contribution in [-0.4, -0.2) is 41.1 Å². The molecule has 11 heteroatoms. The number of nitrogens with one attached hydrogen (secondary N) is 4. The van der Waals surface area contributed by atoms with Crippen LogP contribution in [0.25, 0.3) is 22.3 Å². The van der Waals surface area contributed by atoms with Crippen LogP contribution < -0.4 is 31.9 Å². The van der Waals surface area contributed by atoms with Gasteiger partial charge in [-0.2, -0.15) is 0 Å². The predicted octanol–water partition coefficient (Wildman–Crippen LogP) is 3.40. The van der Waals surface area contributed by atoms with E-state index >= 15 is 4.39 Å². The fraction of sp³-hybridized carbons (Fsp3) is 0.250. The summed E-state index contributed by atoms with van der Waals surface area (Å²) < 4.78 is 22.2. The second kappa shape index (κ2) is 12.1. The third-order valence-corrected chi connectivity index (χ3v) is 7.79. The number of carbonyl (C=O) groups is 2. The molecular weight excluding hydrogens is 553 g/mol. The van der Waals surface area contributed by atoms with Gasteiger partial charge >= 0.3 is 5.69 Å². The molecule has 1 aromatic heterocycles.